The summed E-state index contributed by atoms with van der Waals surface area (Å²) in [5.41, 5.74) is 1.19. The molecule has 1 unspecified atom stereocenters. The molecule has 2 rings (SSSR count). The zero-order valence-electron chi connectivity index (χ0n) is 14.6. The maximum atomic E-state index is 12.4. The van der Waals surface area contributed by atoms with Crippen LogP contribution in [0.2, 0.25) is 0 Å². The number of nitrogens with zero attached hydrogens (tertiary/aromatic N) is 1. The Bertz CT molecular complexity index is 739. The second-order valence-corrected chi connectivity index (χ2v) is 5.78. The summed E-state index contributed by atoms with van der Waals surface area (Å²) in [6, 6.07) is 15.8. The number of halogens is 1. The minimum absolute atomic E-state index is 0.206. The van der Waals surface area contributed by atoms with Crippen LogP contribution in [0.3, 0.4) is 0 Å². The van der Waals surface area contributed by atoms with Crippen molar-refractivity contribution >= 4 is 35.2 Å². The smallest absolute Gasteiger partial charge is 0.419 e. The summed E-state index contributed by atoms with van der Waals surface area (Å²) in [6.45, 7) is 4.01. The Kier molecular flexibility index (Phi) is 7.29. The van der Waals surface area contributed by atoms with Crippen molar-refractivity contribution in [3.05, 3.63) is 54.6 Å². The Hall–Kier alpha value is -2.73. The second kappa shape index (κ2) is 9.68. The van der Waals surface area contributed by atoms with E-state index in [1.807, 2.05) is 37.3 Å². The molecule has 2 aromatic rings. The normalized spacial score (nSPS) is 11.3. The Balaban J connectivity index is 2.03. The number of ether oxygens (including phenoxy) is 2. The summed E-state index contributed by atoms with van der Waals surface area (Å²) in [7, 11) is 0. The molecule has 0 aliphatic heterocycles. The number of rotatable bonds is 6. The van der Waals surface area contributed by atoms with Crippen LogP contribution >= 0.6 is 11.6 Å². The highest BCUT2D eigenvalue weighted by molar-refractivity contribution is 6.18. The fourth-order valence-electron chi connectivity index (χ4n) is 2.18. The zero-order valence-corrected chi connectivity index (χ0v) is 15.4. The van der Waals surface area contributed by atoms with Crippen molar-refractivity contribution in [2.24, 2.45) is 0 Å². The Labute approximate surface area is 157 Å². The second-order valence-electron chi connectivity index (χ2n) is 5.47. The fourth-order valence-corrected chi connectivity index (χ4v) is 2.24. The number of amides is 2. The highest BCUT2D eigenvalue weighted by Crippen LogP contribution is 2.20. The van der Waals surface area contributed by atoms with Gasteiger partial charge in [0.2, 0.25) is 0 Å². The third-order valence-corrected chi connectivity index (χ3v) is 3.85. The molecule has 0 fully saturated rings. The van der Waals surface area contributed by atoms with Crippen molar-refractivity contribution in [3.63, 3.8) is 0 Å². The van der Waals surface area contributed by atoms with Crippen LogP contribution in [0, 0.1) is 0 Å². The van der Waals surface area contributed by atoms with E-state index < -0.39 is 18.3 Å². The van der Waals surface area contributed by atoms with E-state index in [-0.39, 0.29) is 5.88 Å². The molecule has 0 aliphatic carbocycles. The molecule has 7 heteroatoms. The highest BCUT2D eigenvalue weighted by atomic mass is 35.5. The van der Waals surface area contributed by atoms with Crippen LogP contribution in [0.1, 0.15) is 13.8 Å². The lowest BCUT2D eigenvalue weighted by atomic mass is 10.3. The fraction of sp³-hybridized carbons (Fsp3) is 0.263. The first-order valence-corrected chi connectivity index (χ1v) is 8.75. The Morgan fingerprint density at radius 1 is 1.15 bits per heavy atom. The van der Waals surface area contributed by atoms with E-state index in [0.29, 0.717) is 18.0 Å². The number of benzene rings is 2. The van der Waals surface area contributed by atoms with Crippen LogP contribution in [0.5, 0.6) is 5.75 Å². The van der Waals surface area contributed by atoms with Gasteiger partial charge in [0.1, 0.15) is 11.9 Å². The molecule has 0 bridgehead atoms. The van der Waals surface area contributed by atoms with E-state index in [0.717, 1.165) is 5.69 Å². The van der Waals surface area contributed by atoms with Gasteiger partial charge in [-0.05, 0) is 38.1 Å². The van der Waals surface area contributed by atoms with Crippen molar-refractivity contribution in [1.82, 2.24) is 0 Å². The number of hydrogen-bond acceptors (Lipinski definition) is 4. The molecule has 2 amide bonds. The monoisotopic (exact) mass is 376 g/mol. The number of anilines is 2. The van der Waals surface area contributed by atoms with Crippen molar-refractivity contribution in [2.45, 2.75) is 20.0 Å². The minimum Gasteiger partial charge on any atom is -0.445 e. The summed E-state index contributed by atoms with van der Waals surface area (Å²) in [5, 5.41) is 2.57. The van der Waals surface area contributed by atoms with Gasteiger partial charge < -0.3 is 9.47 Å². The van der Waals surface area contributed by atoms with Crippen LogP contribution in [-0.2, 0) is 4.74 Å². The molecule has 1 N–H and O–H groups in total. The molecule has 2 aromatic carbocycles. The molecule has 1 atom stereocenters. The van der Waals surface area contributed by atoms with Gasteiger partial charge >= 0.3 is 12.2 Å². The summed E-state index contributed by atoms with van der Waals surface area (Å²) < 4.78 is 10.5. The van der Waals surface area contributed by atoms with E-state index in [2.05, 4.69) is 5.32 Å². The molecule has 0 radical (unpaired) electrons. The average Bonchev–Trinajstić information content (AvgIpc) is 2.63. The van der Waals surface area contributed by atoms with Gasteiger partial charge in [0.25, 0.3) is 0 Å². The molecule has 26 heavy (non-hydrogen) atoms. The first-order valence-electron chi connectivity index (χ1n) is 8.21. The standard InChI is InChI=1S/C19H21ClN2O4/c1-3-22(16-9-5-4-6-10-16)19(24)26-17-11-7-8-15(12-17)21-18(23)25-14(2)13-20/h4-12,14H,3,13H2,1-2H3,(H,21,23). The van der Waals surface area contributed by atoms with E-state index in [9.17, 15) is 9.59 Å². The van der Waals surface area contributed by atoms with Crippen LogP contribution in [-0.4, -0.2) is 30.7 Å². The van der Waals surface area contributed by atoms with Gasteiger partial charge in [-0.2, -0.15) is 0 Å². The van der Waals surface area contributed by atoms with E-state index in [1.54, 1.807) is 31.2 Å². The average molecular weight is 377 g/mol. The van der Waals surface area contributed by atoms with E-state index >= 15 is 0 Å². The topological polar surface area (TPSA) is 67.9 Å². The van der Waals surface area contributed by atoms with Crippen molar-refractivity contribution < 1.29 is 19.1 Å². The molecule has 0 heterocycles. The number of nitrogens with one attached hydrogen (secondary N) is 1. The third-order valence-electron chi connectivity index (χ3n) is 3.42. The quantitative estimate of drug-likeness (QED) is 0.729. The van der Waals surface area contributed by atoms with E-state index in [1.165, 1.54) is 4.90 Å². The van der Waals surface area contributed by atoms with Gasteiger partial charge in [-0.1, -0.05) is 24.3 Å². The summed E-state index contributed by atoms with van der Waals surface area (Å²) in [4.78, 5) is 25.7. The summed E-state index contributed by atoms with van der Waals surface area (Å²) >= 11 is 5.61. The molecule has 0 aromatic heterocycles. The lowest BCUT2D eigenvalue weighted by Gasteiger charge is -2.20. The van der Waals surface area contributed by atoms with Crippen LogP contribution in [0.4, 0.5) is 21.0 Å². The van der Waals surface area contributed by atoms with Crippen molar-refractivity contribution in [2.75, 3.05) is 22.6 Å². The number of hydrogen-bond donors (Lipinski definition) is 1. The van der Waals surface area contributed by atoms with Crippen molar-refractivity contribution in [3.8, 4) is 5.75 Å². The lowest BCUT2D eigenvalue weighted by Crippen LogP contribution is -2.33. The maximum absolute atomic E-state index is 12.4. The molecular weight excluding hydrogens is 356 g/mol. The molecule has 6 nitrogen and oxygen atoms in total. The summed E-state index contributed by atoms with van der Waals surface area (Å²) in [5.74, 6) is 0.518. The predicted octanol–water partition coefficient (Wildman–Crippen LogP) is 4.89. The number of carbonyl (C=O) groups excluding carboxylic acids is 2. The van der Waals surface area contributed by atoms with E-state index in [4.69, 9.17) is 21.1 Å². The van der Waals surface area contributed by atoms with Crippen molar-refractivity contribution in [1.29, 1.82) is 0 Å². The first kappa shape index (κ1) is 19.6. The molecule has 0 saturated carbocycles. The number of alkyl halides is 1. The van der Waals surface area contributed by atoms with Gasteiger partial charge in [0, 0.05) is 24.0 Å². The van der Waals surface area contributed by atoms with Gasteiger partial charge in [0.15, 0.2) is 0 Å². The zero-order chi connectivity index (χ0) is 18.9. The molecule has 0 aliphatic rings. The maximum Gasteiger partial charge on any atom is 0.419 e. The SMILES string of the molecule is CCN(C(=O)Oc1cccc(NC(=O)OC(C)CCl)c1)c1ccccc1. The predicted molar refractivity (Wildman–Crippen MR) is 102 cm³/mol. The molecule has 138 valence electrons. The minimum atomic E-state index is -0.624. The molecular formula is C19H21ClN2O4. The van der Waals surface area contributed by atoms with Crippen LogP contribution in [0.15, 0.2) is 54.6 Å². The lowest BCUT2D eigenvalue weighted by molar-refractivity contribution is 0.131. The van der Waals surface area contributed by atoms with Crippen LogP contribution < -0.4 is 15.0 Å². The Morgan fingerprint density at radius 2 is 1.88 bits per heavy atom. The van der Waals surface area contributed by atoms with Crippen LogP contribution in [0.25, 0.3) is 0 Å². The van der Waals surface area contributed by atoms with Gasteiger partial charge in [-0.3, -0.25) is 10.2 Å². The number of para-hydroxylation sites is 1. The molecule has 0 spiro atoms. The first-order chi connectivity index (χ1) is 12.5. The third kappa shape index (κ3) is 5.67. The van der Waals surface area contributed by atoms with Gasteiger partial charge in [0.05, 0.1) is 5.88 Å². The van der Waals surface area contributed by atoms with Gasteiger partial charge in [-0.25, -0.2) is 9.59 Å². The highest BCUT2D eigenvalue weighted by Gasteiger charge is 2.16. The molecule has 0 saturated heterocycles. The summed E-state index contributed by atoms with van der Waals surface area (Å²) in [6.07, 6.45) is -1.53. The van der Waals surface area contributed by atoms with Gasteiger partial charge in [-0.15, -0.1) is 11.6 Å². The number of carbonyl (C=O) groups is 2. The Morgan fingerprint density at radius 3 is 2.54 bits per heavy atom. The largest absolute Gasteiger partial charge is 0.445 e.